The number of ether oxygens (including phenoxy) is 2. The molecule has 1 amide bonds. The van der Waals surface area contributed by atoms with Crippen molar-refractivity contribution in [2.75, 3.05) is 57.8 Å². The van der Waals surface area contributed by atoms with Gasteiger partial charge in [-0.25, -0.2) is 21.9 Å². The summed E-state index contributed by atoms with van der Waals surface area (Å²) in [5.41, 5.74) is 2.51. The molecule has 0 radical (unpaired) electrons. The SMILES string of the molecule is CO[C@]1(CN2CCN3CCC(F)(F)C[C@@H]3C2)/C=C/C[C@H](C)[C@@H](C)S(=O)(=O)NC(=O)c2ccc3c(c2)N(CCCCc2cc(Cl)ccc2CO3)C[C@@H]2CC[C@H]21. The average Bonchev–Trinajstić information content (AvgIpc) is 3.14. The van der Waals surface area contributed by atoms with Gasteiger partial charge in [0.2, 0.25) is 10.0 Å². The number of piperazine rings is 1. The Kier molecular flexibility index (Phi) is 11.7. The molecule has 1 aliphatic carbocycles. The van der Waals surface area contributed by atoms with E-state index >= 15 is 0 Å². The number of hydrogen-bond acceptors (Lipinski definition) is 8. The number of anilines is 1. The second kappa shape index (κ2) is 16.0. The molecule has 6 atom stereocenters. The largest absolute Gasteiger partial charge is 0.487 e. The first kappa shape index (κ1) is 39.5. The number of nitrogens with zero attached hydrogens (tertiary/aromatic N) is 3. The summed E-state index contributed by atoms with van der Waals surface area (Å²) in [4.78, 5) is 20.4. The Morgan fingerprint density at radius 1 is 1.02 bits per heavy atom. The number of benzene rings is 2. The summed E-state index contributed by atoms with van der Waals surface area (Å²) in [5, 5.41) is -0.156. The Balaban J connectivity index is 1.24. The summed E-state index contributed by atoms with van der Waals surface area (Å²) in [6, 6.07) is 10.9. The molecule has 1 N–H and O–H groups in total. The molecule has 13 heteroatoms. The third kappa shape index (κ3) is 8.48. The summed E-state index contributed by atoms with van der Waals surface area (Å²) in [6.45, 7) is 8.32. The second-order valence-corrected chi connectivity index (χ2v) is 18.9. The predicted molar refractivity (Wildman–Crippen MR) is 208 cm³/mol. The van der Waals surface area contributed by atoms with Crippen LogP contribution < -0.4 is 14.4 Å². The van der Waals surface area contributed by atoms with E-state index in [2.05, 4.69) is 25.5 Å². The van der Waals surface area contributed by atoms with E-state index in [0.29, 0.717) is 56.5 Å². The van der Waals surface area contributed by atoms with Gasteiger partial charge in [-0.3, -0.25) is 14.6 Å². The number of alkyl halides is 2. The Bertz CT molecular complexity index is 1830. The lowest BCUT2D eigenvalue weighted by molar-refractivity contribution is -0.119. The number of sulfonamides is 1. The monoisotopic (exact) mass is 788 g/mol. The number of halogens is 3. The van der Waals surface area contributed by atoms with Gasteiger partial charge in [0.1, 0.15) is 18.0 Å². The van der Waals surface area contributed by atoms with Crippen molar-refractivity contribution in [2.45, 2.75) is 94.6 Å². The Labute approximate surface area is 324 Å². The fourth-order valence-corrected chi connectivity index (χ4v) is 10.8. The van der Waals surface area contributed by atoms with Crippen LogP contribution in [-0.2, 0) is 27.8 Å². The first-order valence-corrected chi connectivity index (χ1v) is 21.6. The van der Waals surface area contributed by atoms with E-state index in [1.165, 1.54) is 0 Å². The number of allylic oxidation sites excluding steroid dienone is 1. The van der Waals surface area contributed by atoms with Crippen molar-refractivity contribution in [2.24, 2.45) is 17.8 Å². The molecule has 296 valence electrons. The molecule has 4 heterocycles. The lowest BCUT2D eigenvalue weighted by Gasteiger charge is -2.53. The van der Waals surface area contributed by atoms with Gasteiger partial charge in [0.25, 0.3) is 11.8 Å². The van der Waals surface area contributed by atoms with E-state index < -0.39 is 32.7 Å². The number of carbonyl (C=O) groups excluding carboxylic acids is 1. The number of hydrogen-bond donors (Lipinski definition) is 1. The number of rotatable bonds is 3. The van der Waals surface area contributed by atoms with E-state index in [-0.39, 0.29) is 42.2 Å². The van der Waals surface area contributed by atoms with Gasteiger partial charge in [-0.2, -0.15) is 0 Å². The number of amides is 1. The molecule has 1 saturated carbocycles. The molecule has 7 rings (SSSR count). The van der Waals surface area contributed by atoms with Crippen LogP contribution in [-0.4, -0.2) is 99.9 Å². The highest BCUT2D eigenvalue weighted by Gasteiger charge is 2.50. The van der Waals surface area contributed by atoms with Crippen molar-refractivity contribution in [1.82, 2.24) is 14.5 Å². The third-order valence-corrected chi connectivity index (χ3v) is 15.2. The fourth-order valence-electron chi connectivity index (χ4n) is 9.32. The number of aryl methyl sites for hydroxylation is 1. The standard InChI is InChI=1S/C41H55ClF2N4O5S/c1-28-7-6-15-40(52-3,27-46-19-20-47-18-16-41(43,44)23-35(47)25-46)36-13-10-32(36)24-48-17-5-4-8-30-21-34(42)12-9-33(30)26-53-38-14-11-31(22-37(38)48)39(49)45-54(50,51)29(28)2/h6,9,11-12,14-15,21-22,28-29,32,35-36H,4-5,7-8,10,13,16-20,23-27H2,1-3H3,(H,45,49)/b15-6+/t28-,29+,32-,35+,36+,40-/m0/s1. The highest BCUT2D eigenvalue weighted by molar-refractivity contribution is 7.90. The number of piperidine rings is 1. The molecule has 3 fully saturated rings. The van der Waals surface area contributed by atoms with Crippen LogP contribution in [0.1, 0.15) is 80.3 Å². The topological polar surface area (TPSA) is 91.4 Å². The molecule has 5 aliphatic rings. The van der Waals surface area contributed by atoms with Gasteiger partial charge in [-0.1, -0.05) is 36.7 Å². The van der Waals surface area contributed by atoms with E-state index in [1.54, 1.807) is 32.2 Å². The van der Waals surface area contributed by atoms with Crippen molar-refractivity contribution in [3.05, 3.63) is 70.3 Å². The number of methoxy groups -OCH3 is 1. The Morgan fingerprint density at radius 3 is 2.63 bits per heavy atom. The summed E-state index contributed by atoms with van der Waals surface area (Å²) in [6.07, 6.45) is 9.05. The van der Waals surface area contributed by atoms with Gasteiger partial charge in [0, 0.05) is 82.4 Å². The zero-order valence-corrected chi connectivity index (χ0v) is 33.3. The zero-order chi connectivity index (χ0) is 38.3. The second-order valence-electron chi connectivity index (χ2n) is 16.4. The van der Waals surface area contributed by atoms with Crippen molar-refractivity contribution in [1.29, 1.82) is 0 Å². The van der Waals surface area contributed by atoms with E-state index in [9.17, 15) is 22.0 Å². The predicted octanol–water partition coefficient (Wildman–Crippen LogP) is 6.93. The van der Waals surface area contributed by atoms with Crippen molar-refractivity contribution < 1.29 is 31.5 Å². The van der Waals surface area contributed by atoms with Gasteiger partial charge in [0.15, 0.2) is 0 Å². The minimum atomic E-state index is -4.02. The normalized spacial score (nSPS) is 32.7. The van der Waals surface area contributed by atoms with Crippen LogP contribution in [0.2, 0.25) is 5.02 Å². The van der Waals surface area contributed by atoms with Crippen LogP contribution in [0.15, 0.2) is 48.6 Å². The molecule has 2 saturated heterocycles. The van der Waals surface area contributed by atoms with Gasteiger partial charge in [0.05, 0.1) is 10.9 Å². The lowest BCUT2D eigenvalue weighted by Crippen LogP contribution is -2.62. The molecule has 2 aromatic carbocycles. The summed E-state index contributed by atoms with van der Waals surface area (Å²) in [7, 11) is -2.26. The average molecular weight is 789 g/mol. The number of fused-ring (bicyclic) bond motifs is 4. The summed E-state index contributed by atoms with van der Waals surface area (Å²) < 4.78 is 71.8. The van der Waals surface area contributed by atoms with Crippen LogP contribution in [0.25, 0.3) is 0 Å². The highest BCUT2D eigenvalue weighted by atomic mass is 35.5. The molecule has 0 unspecified atom stereocenters. The van der Waals surface area contributed by atoms with Gasteiger partial charge in [-0.05, 0) is 105 Å². The van der Waals surface area contributed by atoms with E-state index in [4.69, 9.17) is 21.1 Å². The van der Waals surface area contributed by atoms with Crippen LogP contribution in [0.4, 0.5) is 14.5 Å². The van der Waals surface area contributed by atoms with Gasteiger partial charge >= 0.3 is 0 Å². The smallest absolute Gasteiger partial charge is 0.264 e. The van der Waals surface area contributed by atoms with E-state index in [1.807, 2.05) is 31.2 Å². The minimum Gasteiger partial charge on any atom is -0.487 e. The minimum absolute atomic E-state index is 0.0819. The maximum atomic E-state index is 14.6. The molecule has 2 bridgehead atoms. The lowest BCUT2D eigenvalue weighted by atomic mass is 9.63. The molecule has 9 nitrogen and oxygen atoms in total. The number of carbonyl (C=O) groups is 1. The van der Waals surface area contributed by atoms with E-state index in [0.717, 1.165) is 62.0 Å². The molecule has 2 aromatic rings. The highest BCUT2D eigenvalue weighted by Crippen LogP contribution is 2.47. The van der Waals surface area contributed by atoms with Crippen LogP contribution in [0.5, 0.6) is 5.75 Å². The van der Waals surface area contributed by atoms with Gasteiger partial charge < -0.3 is 14.4 Å². The molecule has 0 spiro atoms. The maximum absolute atomic E-state index is 14.6. The van der Waals surface area contributed by atoms with Crippen molar-refractivity contribution in [3.63, 3.8) is 0 Å². The maximum Gasteiger partial charge on any atom is 0.264 e. The van der Waals surface area contributed by atoms with Gasteiger partial charge in [-0.15, -0.1) is 0 Å². The first-order valence-electron chi connectivity index (χ1n) is 19.7. The molecular weight excluding hydrogens is 734 g/mol. The third-order valence-electron chi connectivity index (χ3n) is 13.0. The van der Waals surface area contributed by atoms with Crippen LogP contribution in [0.3, 0.4) is 0 Å². The first-order chi connectivity index (χ1) is 25.8. The quantitative estimate of drug-likeness (QED) is 0.335. The van der Waals surface area contributed by atoms with Crippen molar-refractivity contribution in [3.8, 4) is 5.75 Å². The molecule has 54 heavy (non-hydrogen) atoms. The molecular formula is C41H55ClF2N4O5S. The fraction of sp³-hybridized carbons (Fsp3) is 0.634. The van der Waals surface area contributed by atoms with Crippen LogP contribution >= 0.6 is 11.6 Å². The molecule has 4 aliphatic heterocycles. The summed E-state index contributed by atoms with van der Waals surface area (Å²) >= 11 is 6.39. The number of nitrogens with one attached hydrogen (secondary N) is 1. The van der Waals surface area contributed by atoms with Crippen LogP contribution in [0, 0.1) is 17.8 Å². The van der Waals surface area contributed by atoms with Crippen molar-refractivity contribution >= 4 is 33.2 Å². The summed E-state index contributed by atoms with van der Waals surface area (Å²) in [5.74, 6) is -2.61. The Morgan fingerprint density at radius 2 is 1.85 bits per heavy atom. The Hall–Kier alpha value is -2.77. The zero-order valence-electron chi connectivity index (χ0n) is 31.7. The molecule has 0 aromatic heterocycles.